The largest absolute Gasteiger partial charge is 0.340 e. The van der Waals surface area contributed by atoms with Crippen LogP contribution in [0, 0.1) is 6.92 Å². The van der Waals surface area contributed by atoms with Crippen molar-refractivity contribution < 1.29 is 9.59 Å². The lowest BCUT2D eigenvalue weighted by Crippen LogP contribution is -2.15. The van der Waals surface area contributed by atoms with Gasteiger partial charge in [0.05, 0.1) is 0 Å². The first-order chi connectivity index (χ1) is 12.5. The first kappa shape index (κ1) is 17.3. The molecule has 3 rings (SSSR count). The maximum Gasteiger partial charge on any atom is 0.274 e. The average molecular weight is 346 g/mol. The molecule has 1 heterocycles. The molecule has 0 atom stereocenters. The minimum absolute atomic E-state index is 0.0189. The Labute approximate surface area is 151 Å². The Morgan fingerprint density at radius 3 is 2.54 bits per heavy atom. The predicted molar refractivity (Wildman–Crippen MR) is 101 cm³/mol. The van der Waals surface area contributed by atoms with E-state index in [1.807, 2.05) is 37.3 Å². The van der Waals surface area contributed by atoms with Gasteiger partial charge < -0.3 is 10.6 Å². The number of amides is 1. The second-order valence-electron chi connectivity index (χ2n) is 5.82. The van der Waals surface area contributed by atoms with Crippen molar-refractivity contribution in [1.82, 2.24) is 9.97 Å². The molecule has 0 aliphatic heterocycles. The lowest BCUT2D eigenvalue weighted by Gasteiger charge is -2.09. The summed E-state index contributed by atoms with van der Waals surface area (Å²) >= 11 is 0. The molecular weight excluding hydrogens is 328 g/mol. The molecule has 2 N–H and O–H groups in total. The van der Waals surface area contributed by atoms with Crippen molar-refractivity contribution in [2.24, 2.45) is 0 Å². The van der Waals surface area contributed by atoms with E-state index in [1.165, 1.54) is 13.3 Å². The minimum Gasteiger partial charge on any atom is -0.340 e. The zero-order valence-corrected chi connectivity index (χ0v) is 14.5. The molecule has 0 unspecified atom stereocenters. The zero-order valence-electron chi connectivity index (χ0n) is 14.5. The molecule has 26 heavy (non-hydrogen) atoms. The van der Waals surface area contributed by atoms with Gasteiger partial charge in [0.1, 0.15) is 17.8 Å². The van der Waals surface area contributed by atoms with Crippen LogP contribution in [-0.4, -0.2) is 21.7 Å². The van der Waals surface area contributed by atoms with E-state index in [9.17, 15) is 9.59 Å². The highest BCUT2D eigenvalue weighted by Gasteiger charge is 2.11. The fraction of sp³-hybridized carbons (Fsp3) is 0.100. The van der Waals surface area contributed by atoms with Crippen LogP contribution in [0.1, 0.15) is 33.3 Å². The molecule has 1 aromatic heterocycles. The predicted octanol–water partition coefficient (Wildman–Crippen LogP) is 3.98. The molecule has 0 radical (unpaired) electrons. The molecule has 0 fully saturated rings. The van der Waals surface area contributed by atoms with Crippen molar-refractivity contribution in [3.05, 3.63) is 77.7 Å². The maximum atomic E-state index is 12.4. The maximum absolute atomic E-state index is 12.4. The Kier molecular flexibility index (Phi) is 5.03. The van der Waals surface area contributed by atoms with Crippen molar-refractivity contribution >= 4 is 28.9 Å². The van der Waals surface area contributed by atoms with Crippen molar-refractivity contribution in [2.45, 2.75) is 13.8 Å². The van der Waals surface area contributed by atoms with Gasteiger partial charge in [0.25, 0.3) is 5.91 Å². The number of nitrogens with zero attached hydrogens (tertiary/aromatic N) is 2. The third-order valence-corrected chi connectivity index (χ3v) is 3.83. The number of rotatable bonds is 5. The summed E-state index contributed by atoms with van der Waals surface area (Å²) in [6.07, 6.45) is 1.32. The van der Waals surface area contributed by atoms with Crippen molar-refractivity contribution in [2.75, 3.05) is 10.6 Å². The monoisotopic (exact) mass is 346 g/mol. The van der Waals surface area contributed by atoms with Gasteiger partial charge in [-0.3, -0.25) is 9.59 Å². The lowest BCUT2D eigenvalue weighted by molar-refractivity contribution is 0.101. The quantitative estimate of drug-likeness (QED) is 0.683. The van der Waals surface area contributed by atoms with Crippen LogP contribution < -0.4 is 10.6 Å². The van der Waals surface area contributed by atoms with E-state index in [0.717, 1.165) is 11.3 Å². The minimum atomic E-state index is -0.317. The number of carbonyl (C=O) groups is 2. The summed E-state index contributed by atoms with van der Waals surface area (Å²) in [4.78, 5) is 32.1. The standard InChI is InChI=1S/C20H18N4O2/c1-13-6-3-4-9-17(13)24-20(26)18-11-19(22-12-21-18)23-16-8-5-7-15(10-16)14(2)25/h3-12H,1-2H3,(H,24,26)(H,21,22,23). The normalized spacial score (nSPS) is 10.2. The number of hydrogen-bond acceptors (Lipinski definition) is 5. The summed E-state index contributed by atoms with van der Waals surface area (Å²) in [6.45, 7) is 3.43. The third kappa shape index (κ3) is 4.10. The van der Waals surface area contributed by atoms with Crippen LogP contribution in [0.3, 0.4) is 0 Å². The number of anilines is 3. The molecule has 6 heteroatoms. The van der Waals surface area contributed by atoms with E-state index < -0.39 is 0 Å². The van der Waals surface area contributed by atoms with E-state index in [4.69, 9.17) is 0 Å². The Bertz CT molecular complexity index is 969. The number of nitrogens with one attached hydrogen (secondary N) is 2. The van der Waals surface area contributed by atoms with E-state index in [2.05, 4.69) is 20.6 Å². The molecule has 0 aliphatic carbocycles. The number of ketones is 1. The smallest absolute Gasteiger partial charge is 0.274 e. The summed E-state index contributed by atoms with van der Waals surface area (Å²) < 4.78 is 0. The summed E-state index contributed by atoms with van der Waals surface area (Å²) in [6, 6.07) is 16.2. The Balaban J connectivity index is 1.78. The SMILES string of the molecule is CC(=O)c1cccc(Nc2cc(C(=O)Nc3ccccc3C)ncn2)c1. The Morgan fingerprint density at radius 1 is 0.962 bits per heavy atom. The van der Waals surface area contributed by atoms with Crippen molar-refractivity contribution in [3.63, 3.8) is 0 Å². The highest BCUT2D eigenvalue weighted by Crippen LogP contribution is 2.18. The fourth-order valence-electron chi connectivity index (χ4n) is 2.41. The van der Waals surface area contributed by atoms with Gasteiger partial charge in [-0.1, -0.05) is 30.3 Å². The van der Waals surface area contributed by atoms with Gasteiger partial charge in [-0.05, 0) is 37.6 Å². The second-order valence-corrected chi connectivity index (χ2v) is 5.82. The van der Waals surface area contributed by atoms with Gasteiger partial charge in [0.15, 0.2) is 5.78 Å². The summed E-state index contributed by atoms with van der Waals surface area (Å²) in [5.74, 6) is 0.132. The van der Waals surface area contributed by atoms with Crippen molar-refractivity contribution in [3.8, 4) is 0 Å². The van der Waals surface area contributed by atoms with E-state index in [-0.39, 0.29) is 17.4 Å². The van der Waals surface area contributed by atoms with E-state index in [0.29, 0.717) is 17.1 Å². The van der Waals surface area contributed by atoms with E-state index >= 15 is 0 Å². The number of aryl methyl sites for hydroxylation is 1. The van der Waals surface area contributed by atoms with Crippen LogP contribution in [0.25, 0.3) is 0 Å². The molecule has 6 nitrogen and oxygen atoms in total. The molecule has 0 aliphatic rings. The molecule has 2 aromatic carbocycles. The average Bonchev–Trinajstić information content (AvgIpc) is 2.64. The number of benzene rings is 2. The number of hydrogen-bond donors (Lipinski definition) is 2. The van der Waals surface area contributed by atoms with Gasteiger partial charge >= 0.3 is 0 Å². The molecular formula is C20H18N4O2. The van der Waals surface area contributed by atoms with Gasteiger partial charge in [-0.25, -0.2) is 9.97 Å². The topological polar surface area (TPSA) is 84.0 Å². The molecule has 0 saturated heterocycles. The summed E-state index contributed by atoms with van der Waals surface area (Å²) in [5.41, 5.74) is 3.26. The first-order valence-corrected chi connectivity index (χ1v) is 8.10. The second kappa shape index (κ2) is 7.57. The van der Waals surface area contributed by atoms with Gasteiger partial charge in [-0.15, -0.1) is 0 Å². The highest BCUT2D eigenvalue weighted by molar-refractivity contribution is 6.03. The van der Waals surface area contributed by atoms with Crippen LogP contribution >= 0.6 is 0 Å². The number of Topliss-reactive ketones (excluding diaryl/α,β-unsaturated/α-hetero) is 1. The molecule has 1 amide bonds. The summed E-state index contributed by atoms with van der Waals surface area (Å²) in [7, 11) is 0. The molecule has 0 spiro atoms. The number of para-hydroxylation sites is 1. The van der Waals surface area contributed by atoms with Crippen LogP contribution in [0.2, 0.25) is 0 Å². The van der Waals surface area contributed by atoms with Crippen LogP contribution in [-0.2, 0) is 0 Å². The molecule has 130 valence electrons. The lowest BCUT2D eigenvalue weighted by atomic mass is 10.1. The van der Waals surface area contributed by atoms with Crippen LogP contribution in [0.4, 0.5) is 17.2 Å². The third-order valence-electron chi connectivity index (χ3n) is 3.83. The molecule has 0 bridgehead atoms. The number of aromatic nitrogens is 2. The van der Waals surface area contributed by atoms with Crippen molar-refractivity contribution in [1.29, 1.82) is 0 Å². The van der Waals surface area contributed by atoms with Crippen LogP contribution in [0.5, 0.6) is 0 Å². The Morgan fingerprint density at radius 2 is 1.77 bits per heavy atom. The van der Waals surface area contributed by atoms with Gasteiger partial charge in [-0.2, -0.15) is 0 Å². The number of carbonyl (C=O) groups excluding carboxylic acids is 2. The van der Waals surface area contributed by atoms with Gasteiger partial charge in [0, 0.05) is 23.0 Å². The van der Waals surface area contributed by atoms with E-state index in [1.54, 1.807) is 24.3 Å². The first-order valence-electron chi connectivity index (χ1n) is 8.10. The molecule has 3 aromatic rings. The zero-order chi connectivity index (χ0) is 18.5. The fourth-order valence-corrected chi connectivity index (χ4v) is 2.41. The van der Waals surface area contributed by atoms with Gasteiger partial charge in [0.2, 0.25) is 0 Å². The Hall–Kier alpha value is -3.54. The molecule has 0 saturated carbocycles. The summed E-state index contributed by atoms with van der Waals surface area (Å²) in [5, 5.41) is 5.93. The highest BCUT2D eigenvalue weighted by atomic mass is 16.2. The van der Waals surface area contributed by atoms with Crippen LogP contribution in [0.15, 0.2) is 60.9 Å².